The van der Waals surface area contributed by atoms with E-state index >= 15 is 0 Å². The highest BCUT2D eigenvalue weighted by Crippen LogP contribution is 2.02. The molecule has 0 spiro atoms. The van der Waals surface area contributed by atoms with Crippen molar-refractivity contribution >= 4 is 29.3 Å². The Morgan fingerprint density at radius 2 is 2.35 bits per heavy atom. The van der Waals surface area contributed by atoms with Gasteiger partial charge in [-0.15, -0.1) is 0 Å². The molecule has 0 saturated carbocycles. The number of thiocarbonyl (C=S) groups is 1. The molecule has 1 atom stereocenters. The van der Waals surface area contributed by atoms with Crippen molar-refractivity contribution < 1.29 is 19.4 Å². The van der Waals surface area contributed by atoms with Crippen molar-refractivity contribution in [3.05, 3.63) is 0 Å². The van der Waals surface area contributed by atoms with Gasteiger partial charge in [0.1, 0.15) is 6.04 Å². The summed E-state index contributed by atoms with van der Waals surface area (Å²) in [7, 11) is 0. The van der Waals surface area contributed by atoms with Crippen LogP contribution < -0.4 is 16.0 Å². The molecule has 0 aromatic rings. The monoisotopic (exact) mass is 261 g/mol. The zero-order valence-electron chi connectivity index (χ0n) is 9.19. The van der Waals surface area contributed by atoms with Crippen LogP contribution in [0, 0.1) is 0 Å². The van der Waals surface area contributed by atoms with Crippen molar-refractivity contribution in [1.82, 2.24) is 16.0 Å². The van der Waals surface area contributed by atoms with E-state index < -0.39 is 6.09 Å². The normalized spacial score (nSPS) is 18.5. The zero-order valence-corrected chi connectivity index (χ0v) is 10.0. The molecule has 1 aliphatic heterocycles. The highest BCUT2D eigenvalue weighted by atomic mass is 32.1. The lowest BCUT2D eigenvalue weighted by Crippen LogP contribution is -2.30. The molecule has 1 fully saturated rings. The Labute approximate surface area is 104 Å². The number of carbonyl (C=O) groups is 2. The molecule has 1 rings (SSSR count). The lowest BCUT2D eigenvalue weighted by Gasteiger charge is -2.08. The SMILES string of the molecule is O=C(NCCO)OCCCC1NC(=S)NC1=O. The average molecular weight is 261 g/mol. The summed E-state index contributed by atoms with van der Waals surface area (Å²) in [4.78, 5) is 22.2. The van der Waals surface area contributed by atoms with E-state index in [1.165, 1.54) is 0 Å². The largest absolute Gasteiger partial charge is 0.450 e. The van der Waals surface area contributed by atoms with Gasteiger partial charge in [-0.3, -0.25) is 4.79 Å². The minimum Gasteiger partial charge on any atom is -0.450 e. The number of hydrogen-bond donors (Lipinski definition) is 4. The van der Waals surface area contributed by atoms with Gasteiger partial charge in [-0.1, -0.05) is 0 Å². The molecule has 0 aromatic carbocycles. The van der Waals surface area contributed by atoms with E-state index in [1.54, 1.807) is 0 Å². The van der Waals surface area contributed by atoms with Crippen molar-refractivity contribution in [2.45, 2.75) is 18.9 Å². The molecule has 0 radical (unpaired) electrons. The van der Waals surface area contributed by atoms with Gasteiger partial charge in [0.05, 0.1) is 13.2 Å². The third kappa shape index (κ3) is 4.96. The summed E-state index contributed by atoms with van der Waals surface area (Å²) in [5.74, 6) is -0.153. The smallest absolute Gasteiger partial charge is 0.407 e. The number of alkyl carbamates (subject to hydrolysis) is 1. The zero-order chi connectivity index (χ0) is 12.7. The number of rotatable bonds is 6. The van der Waals surface area contributed by atoms with E-state index in [9.17, 15) is 9.59 Å². The van der Waals surface area contributed by atoms with Gasteiger partial charge < -0.3 is 25.8 Å². The highest BCUT2D eigenvalue weighted by Gasteiger charge is 2.26. The molecule has 17 heavy (non-hydrogen) atoms. The summed E-state index contributed by atoms with van der Waals surface area (Å²) in [6.07, 6.45) is 0.526. The molecule has 1 aliphatic rings. The first kappa shape index (κ1) is 13.7. The molecule has 0 bridgehead atoms. The van der Waals surface area contributed by atoms with Crippen molar-refractivity contribution in [3.63, 3.8) is 0 Å². The topological polar surface area (TPSA) is 99.7 Å². The van der Waals surface area contributed by atoms with Crippen molar-refractivity contribution in [2.75, 3.05) is 19.8 Å². The number of hydrogen-bond acceptors (Lipinski definition) is 5. The first-order valence-electron chi connectivity index (χ1n) is 5.26. The van der Waals surface area contributed by atoms with Gasteiger partial charge >= 0.3 is 6.09 Å². The third-order valence-corrected chi connectivity index (χ3v) is 2.33. The van der Waals surface area contributed by atoms with Gasteiger partial charge in [-0.25, -0.2) is 4.79 Å². The van der Waals surface area contributed by atoms with Gasteiger partial charge in [0.2, 0.25) is 5.91 Å². The Kier molecular flexibility index (Phi) is 5.64. The van der Waals surface area contributed by atoms with Gasteiger partial charge in [-0.05, 0) is 25.1 Å². The van der Waals surface area contributed by atoms with Crippen LogP contribution in [0.25, 0.3) is 0 Å². The minimum absolute atomic E-state index is 0.126. The fraction of sp³-hybridized carbons (Fsp3) is 0.667. The first-order valence-corrected chi connectivity index (χ1v) is 5.67. The number of ether oxygens (including phenoxy) is 1. The van der Waals surface area contributed by atoms with Crippen LogP contribution >= 0.6 is 12.2 Å². The van der Waals surface area contributed by atoms with E-state index in [2.05, 4.69) is 16.0 Å². The quantitative estimate of drug-likeness (QED) is 0.356. The number of nitrogens with one attached hydrogen (secondary N) is 3. The van der Waals surface area contributed by atoms with E-state index in [4.69, 9.17) is 22.1 Å². The number of amides is 2. The Morgan fingerprint density at radius 3 is 2.94 bits per heavy atom. The predicted octanol–water partition coefficient (Wildman–Crippen LogP) is -1.14. The lowest BCUT2D eigenvalue weighted by atomic mass is 10.2. The Balaban J connectivity index is 2.06. The number of aliphatic hydroxyl groups is 1. The second kappa shape index (κ2) is 7.02. The van der Waals surface area contributed by atoms with E-state index in [0.717, 1.165) is 0 Å². The summed E-state index contributed by atoms with van der Waals surface area (Å²) >= 11 is 4.78. The van der Waals surface area contributed by atoms with Gasteiger partial charge in [0.15, 0.2) is 5.11 Å². The molecule has 1 saturated heterocycles. The maximum absolute atomic E-state index is 11.2. The Morgan fingerprint density at radius 1 is 1.59 bits per heavy atom. The average Bonchev–Trinajstić information content (AvgIpc) is 2.60. The van der Waals surface area contributed by atoms with E-state index in [-0.39, 0.29) is 31.7 Å². The first-order chi connectivity index (χ1) is 8.13. The van der Waals surface area contributed by atoms with Crippen LogP contribution in [0.5, 0.6) is 0 Å². The van der Waals surface area contributed by atoms with Crippen LogP contribution in [0.4, 0.5) is 4.79 Å². The maximum Gasteiger partial charge on any atom is 0.407 e. The molecule has 1 unspecified atom stereocenters. The second-order valence-corrected chi connectivity index (χ2v) is 3.85. The molecule has 0 aromatic heterocycles. The van der Waals surface area contributed by atoms with Crippen LogP contribution in [0.2, 0.25) is 0 Å². The molecular formula is C9H15N3O4S. The predicted molar refractivity (Wildman–Crippen MR) is 63.3 cm³/mol. The van der Waals surface area contributed by atoms with Gasteiger partial charge in [0.25, 0.3) is 0 Å². The molecule has 1 heterocycles. The second-order valence-electron chi connectivity index (χ2n) is 3.44. The van der Waals surface area contributed by atoms with Gasteiger partial charge in [0, 0.05) is 6.54 Å². The maximum atomic E-state index is 11.2. The summed E-state index contributed by atoms with van der Waals surface area (Å²) in [5.41, 5.74) is 0. The van der Waals surface area contributed by atoms with E-state index in [0.29, 0.717) is 18.0 Å². The van der Waals surface area contributed by atoms with E-state index in [1.807, 2.05) is 0 Å². The summed E-state index contributed by atoms with van der Waals surface area (Å²) in [5, 5.41) is 16.4. The molecule has 0 aliphatic carbocycles. The van der Waals surface area contributed by atoms with Crippen LogP contribution in [0.3, 0.4) is 0 Å². The Bertz CT molecular complexity index is 311. The molecule has 96 valence electrons. The fourth-order valence-electron chi connectivity index (χ4n) is 1.32. The van der Waals surface area contributed by atoms with Crippen molar-refractivity contribution in [2.24, 2.45) is 0 Å². The highest BCUT2D eigenvalue weighted by molar-refractivity contribution is 7.80. The molecule has 7 nitrogen and oxygen atoms in total. The van der Waals surface area contributed by atoms with Crippen LogP contribution in [-0.4, -0.2) is 48.0 Å². The minimum atomic E-state index is -0.571. The lowest BCUT2D eigenvalue weighted by molar-refractivity contribution is -0.120. The molecular weight excluding hydrogens is 246 g/mol. The van der Waals surface area contributed by atoms with Crippen molar-refractivity contribution in [3.8, 4) is 0 Å². The van der Waals surface area contributed by atoms with Crippen LogP contribution in [-0.2, 0) is 9.53 Å². The summed E-state index contributed by atoms with van der Waals surface area (Å²) in [6.45, 7) is 0.258. The number of carbonyl (C=O) groups excluding carboxylic acids is 2. The summed E-state index contributed by atoms with van der Waals surface area (Å²) < 4.78 is 4.81. The Hall–Kier alpha value is -1.41. The third-order valence-electron chi connectivity index (χ3n) is 2.11. The standard InChI is InChI=1S/C9H15N3O4S/c13-4-3-10-9(15)16-5-1-2-6-7(14)12-8(17)11-6/h6,13H,1-5H2,(H,10,15)(H2,11,12,14,17). The molecule has 2 amide bonds. The van der Waals surface area contributed by atoms with Crippen LogP contribution in [0.15, 0.2) is 0 Å². The van der Waals surface area contributed by atoms with Gasteiger partial charge in [-0.2, -0.15) is 0 Å². The molecule has 4 N–H and O–H groups in total. The number of aliphatic hydroxyl groups excluding tert-OH is 1. The fourth-order valence-corrected chi connectivity index (χ4v) is 1.57. The van der Waals surface area contributed by atoms with Crippen LogP contribution in [0.1, 0.15) is 12.8 Å². The van der Waals surface area contributed by atoms with Crippen molar-refractivity contribution in [1.29, 1.82) is 0 Å². The molecule has 8 heteroatoms. The summed E-state index contributed by atoms with van der Waals surface area (Å²) in [6, 6.07) is -0.341.